The minimum absolute atomic E-state index is 0.0195. The summed E-state index contributed by atoms with van der Waals surface area (Å²) in [6, 6.07) is 3.43. The van der Waals surface area contributed by atoms with Gasteiger partial charge in [0.25, 0.3) is 10.0 Å². The van der Waals surface area contributed by atoms with E-state index in [1.165, 1.54) is 11.3 Å². The molecule has 0 spiro atoms. The second-order valence-electron chi connectivity index (χ2n) is 6.04. The van der Waals surface area contributed by atoms with Gasteiger partial charge in [-0.3, -0.25) is 4.79 Å². The van der Waals surface area contributed by atoms with Crippen molar-refractivity contribution in [2.45, 2.75) is 50.3 Å². The van der Waals surface area contributed by atoms with Crippen LogP contribution in [0.25, 0.3) is 0 Å². The van der Waals surface area contributed by atoms with E-state index >= 15 is 0 Å². The summed E-state index contributed by atoms with van der Waals surface area (Å²) < 4.78 is 26.7. The van der Waals surface area contributed by atoms with Gasteiger partial charge in [-0.25, -0.2) is 8.42 Å². The number of nitrogens with zero attached hydrogens (tertiary/aromatic N) is 1. The molecule has 0 unspecified atom stereocenters. The quantitative estimate of drug-likeness (QED) is 0.827. The van der Waals surface area contributed by atoms with E-state index < -0.39 is 10.0 Å². The highest BCUT2D eigenvalue weighted by Crippen LogP contribution is 2.27. The van der Waals surface area contributed by atoms with Gasteiger partial charge in [0.1, 0.15) is 4.21 Å². The standard InChI is InChI=1S/C15H24N2O3S2/c1-12(2)5-7-14(18)16-11-13-6-8-15(21-13)22(19,20)17-9-3-4-10-17/h6,8,12H,3-5,7,9-11H2,1-2H3,(H,16,18). The van der Waals surface area contributed by atoms with E-state index in [-0.39, 0.29) is 5.91 Å². The lowest BCUT2D eigenvalue weighted by Crippen LogP contribution is -2.27. The molecule has 2 rings (SSSR count). The third kappa shape index (κ3) is 4.54. The van der Waals surface area contributed by atoms with Crippen LogP contribution in [0.5, 0.6) is 0 Å². The lowest BCUT2D eigenvalue weighted by atomic mass is 10.1. The van der Waals surface area contributed by atoms with Crippen LogP contribution in [0.2, 0.25) is 0 Å². The van der Waals surface area contributed by atoms with Crippen LogP contribution in [0.1, 0.15) is 44.4 Å². The molecule has 0 atom stereocenters. The lowest BCUT2D eigenvalue weighted by Gasteiger charge is -2.13. The topological polar surface area (TPSA) is 66.5 Å². The fourth-order valence-electron chi connectivity index (χ4n) is 2.34. The zero-order chi connectivity index (χ0) is 16.2. The number of amides is 1. The Bertz CT molecular complexity index is 602. The molecule has 1 N–H and O–H groups in total. The van der Waals surface area contributed by atoms with E-state index in [2.05, 4.69) is 19.2 Å². The number of carbonyl (C=O) groups is 1. The van der Waals surface area contributed by atoms with Gasteiger partial charge in [-0.05, 0) is 37.3 Å². The van der Waals surface area contributed by atoms with Gasteiger partial charge < -0.3 is 5.32 Å². The highest BCUT2D eigenvalue weighted by atomic mass is 32.2. The minimum Gasteiger partial charge on any atom is -0.351 e. The summed E-state index contributed by atoms with van der Waals surface area (Å²) in [6.07, 6.45) is 3.25. The lowest BCUT2D eigenvalue weighted by molar-refractivity contribution is -0.121. The normalized spacial score (nSPS) is 16.3. The van der Waals surface area contributed by atoms with Gasteiger partial charge >= 0.3 is 0 Å². The van der Waals surface area contributed by atoms with Crippen molar-refractivity contribution < 1.29 is 13.2 Å². The van der Waals surface area contributed by atoms with Crippen LogP contribution in [-0.4, -0.2) is 31.7 Å². The monoisotopic (exact) mass is 344 g/mol. The van der Waals surface area contributed by atoms with Crippen molar-refractivity contribution in [3.63, 3.8) is 0 Å². The molecule has 0 bridgehead atoms. The number of thiophene rings is 1. The molecule has 1 aliphatic rings. The van der Waals surface area contributed by atoms with Crippen LogP contribution in [0, 0.1) is 5.92 Å². The van der Waals surface area contributed by atoms with Crippen molar-refractivity contribution in [1.82, 2.24) is 9.62 Å². The third-order valence-electron chi connectivity index (χ3n) is 3.70. The predicted molar refractivity (Wildman–Crippen MR) is 88.2 cm³/mol. The van der Waals surface area contributed by atoms with Crippen molar-refractivity contribution in [2.24, 2.45) is 5.92 Å². The molecule has 5 nitrogen and oxygen atoms in total. The Hall–Kier alpha value is -0.920. The second kappa shape index (κ2) is 7.57. The largest absolute Gasteiger partial charge is 0.351 e. The van der Waals surface area contributed by atoms with Crippen LogP contribution >= 0.6 is 11.3 Å². The van der Waals surface area contributed by atoms with Gasteiger partial charge in [-0.2, -0.15) is 4.31 Å². The first-order chi connectivity index (χ1) is 10.4. The van der Waals surface area contributed by atoms with Crippen molar-refractivity contribution in [1.29, 1.82) is 0 Å². The molecule has 22 heavy (non-hydrogen) atoms. The number of nitrogens with one attached hydrogen (secondary N) is 1. The molecular weight excluding hydrogens is 320 g/mol. The molecule has 1 aromatic rings. The highest BCUT2D eigenvalue weighted by molar-refractivity contribution is 7.91. The summed E-state index contributed by atoms with van der Waals surface area (Å²) in [6.45, 7) is 5.80. The van der Waals surface area contributed by atoms with Gasteiger partial charge in [0.2, 0.25) is 5.91 Å². The molecular formula is C15H24N2O3S2. The first-order valence-electron chi connectivity index (χ1n) is 7.75. The zero-order valence-electron chi connectivity index (χ0n) is 13.2. The van der Waals surface area contributed by atoms with E-state index in [4.69, 9.17) is 0 Å². The predicted octanol–water partition coefficient (Wildman–Crippen LogP) is 2.59. The first-order valence-corrected chi connectivity index (χ1v) is 10.0. The van der Waals surface area contributed by atoms with Crippen molar-refractivity contribution >= 4 is 27.3 Å². The summed E-state index contributed by atoms with van der Waals surface area (Å²) >= 11 is 1.25. The Kier molecular flexibility index (Phi) is 6.00. The summed E-state index contributed by atoms with van der Waals surface area (Å²) in [7, 11) is -3.34. The summed E-state index contributed by atoms with van der Waals surface area (Å²) in [5.41, 5.74) is 0. The van der Waals surface area contributed by atoms with Crippen LogP contribution in [-0.2, 0) is 21.4 Å². The number of sulfonamides is 1. The number of rotatable bonds is 7. The summed E-state index contributed by atoms with van der Waals surface area (Å²) in [4.78, 5) is 12.6. The number of hydrogen-bond donors (Lipinski definition) is 1. The Morgan fingerprint density at radius 1 is 1.32 bits per heavy atom. The highest BCUT2D eigenvalue weighted by Gasteiger charge is 2.28. The smallest absolute Gasteiger partial charge is 0.252 e. The molecule has 1 fully saturated rings. The van der Waals surface area contributed by atoms with E-state index in [0.717, 1.165) is 24.1 Å². The van der Waals surface area contributed by atoms with E-state index in [1.807, 2.05) is 0 Å². The van der Waals surface area contributed by atoms with E-state index in [0.29, 0.717) is 36.2 Å². The molecule has 1 saturated heterocycles. The fourth-order valence-corrected chi connectivity index (χ4v) is 5.31. The minimum atomic E-state index is -3.34. The molecule has 1 aliphatic heterocycles. The van der Waals surface area contributed by atoms with Gasteiger partial charge in [0, 0.05) is 24.4 Å². The Labute approximate surface area is 136 Å². The van der Waals surface area contributed by atoms with Crippen LogP contribution < -0.4 is 5.32 Å². The fraction of sp³-hybridized carbons (Fsp3) is 0.667. The van der Waals surface area contributed by atoms with E-state index in [9.17, 15) is 13.2 Å². The molecule has 1 aromatic heterocycles. The summed E-state index contributed by atoms with van der Waals surface area (Å²) in [5, 5.41) is 2.85. The van der Waals surface area contributed by atoms with Gasteiger partial charge in [-0.1, -0.05) is 13.8 Å². The molecule has 124 valence electrons. The average Bonchev–Trinajstić information content (AvgIpc) is 3.13. The SMILES string of the molecule is CC(C)CCC(=O)NCc1ccc(S(=O)(=O)N2CCCC2)s1. The van der Waals surface area contributed by atoms with Crippen molar-refractivity contribution in [3.05, 3.63) is 17.0 Å². The second-order valence-corrected chi connectivity index (χ2v) is 9.37. The van der Waals surface area contributed by atoms with Crippen LogP contribution in [0.3, 0.4) is 0 Å². The van der Waals surface area contributed by atoms with Crippen LogP contribution in [0.15, 0.2) is 16.3 Å². The Morgan fingerprint density at radius 3 is 2.64 bits per heavy atom. The van der Waals surface area contributed by atoms with Gasteiger partial charge in [0.05, 0.1) is 6.54 Å². The van der Waals surface area contributed by atoms with E-state index in [1.54, 1.807) is 16.4 Å². The third-order valence-corrected chi connectivity index (χ3v) is 7.16. The average molecular weight is 345 g/mol. The van der Waals surface area contributed by atoms with Crippen molar-refractivity contribution in [3.8, 4) is 0 Å². The summed E-state index contributed by atoms with van der Waals surface area (Å²) in [5.74, 6) is 0.524. The number of hydrogen-bond acceptors (Lipinski definition) is 4. The Morgan fingerprint density at radius 2 is 2.00 bits per heavy atom. The maximum Gasteiger partial charge on any atom is 0.252 e. The number of carbonyl (C=O) groups excluding carboxylic acids is 1. The van der Waals surface area contributed by atoms with Crippen molar-refractivity contribution in [2.75, 3.05) is 13.1 Å². The maximum absolute atomic E-state index is 12.4. The maximum atomic E-state index is 12.4. The molecule has 1 amide bonds. The molecule has 7 heteroatoms. The Balaban J connectivity index is 1.90. The molecule has 0 aromatic carbocycles. The van der Waals surface area contributed by atoms with Crippen LogP contribution in [0.4, 0.5) is 0 Å². The van der Waals surface area contributed by atoms with Gasteiger partial charge in [0.15, 0.2) is 0 Å². The first kappa shape index (κ1) is 17.4. The molecule has 0 saturated carbocycles. The molecule has 2 heterocycles. The van der Waals surface area contributed by atoms with Gasteiger partial charge in [-0.15, -0.1) is 11.3 Å². The molecule has 0 aliphatic carbocycles. The molecule has 0 radical (unpaired) electrons. The zero-order valence-corrected chi connectivity index (χ0v) is 14.8.